The van der Waals surface area contributed by atoms with Gasteiger partial charge in [0, 0.05) is 24.0 Å². The highest BCUT2D eigenvalue weighted by atomic mass is 19.2. The van der Waals surface area contributed by atoms with Gasteiger partial charge in [0.25, 0.3) is 0 Å². The van der Waals surface area contributed by atoms with Crippen LogP contribution in [0.15, 0.2) is 18.2 Å². The Balaban J connectivity index is 1.37. The zero-order chi connectivity index (χ0) is 16.8. The average molecular weight is 334 g/mol. The Morgan fingerprint density at radius 2 is 1.88 bits per heavy atom. The first-order valence-corrected chi connectivity index (χ1v) is 9.01. The van der Waals surface area contributed by atoms with Crippen molar-refractivity contribution in [3.8, 4) is 0 Å². The molecule has 130 valence electrons. The Kier molecular flexibility index (Phi) is 4.07. The van der Waals surface area contributed by atoms with Gasteiger partial charge in [-0.15, -0.1) is 0 Å². The van der Waals surface area contributed by atoms with E-state index in [1.165, 1.54) is 25.3 Å². The first-order valence-electron chi connectivity index (χ1n) is 9.01. The van der Waals surface area contributed by atoms with Crippen LogP contribution < -0.4 is 5.32 Å². The predicted molar refractivity (Wildman–Crippen MR) is 87.6 cm³/mol. The van der Waals surface area contributed by atoms with E-state index in [1.54, 1.807) is 6.07 Å². The molecule has 1 aromatic carbocycles. The van der Waals surface area contributed by atoms with Crippen molar-refractivity contribution in [2.45, 2.75) is 62.6 Å². The largest absolute Gasteiger partial charge is 0.353 e. The number of hydrogen-bond donors (Lipinski definition) is 1. The van der Waals surface area contributed by atoms with E-state index in [2.05, 4.69) is 17.3 Å². The number of nitrogens with one attached hydrogen (secondary N) is 1. The lowest BCUT2D eigenvalue weighted by molar-refractivity contribution is -0.123. The lowest BCUT2D eigenvalue weighted by Gasteiger charge is -2.47. The Labute approximate surface area is 141 Å². The number of nitrogens with zero attached hydrogens (tertiary/aromatic N) is 1. The molecule has 1 saturated carbocycles. The summed E-state index contributed by atoms with van der Waals surface area (Å²) in [4.78, 5) is 15.0. The molecule has 2 bridgehead atoms. The van der Waals surface area contributed by atoms with E-state index in [0.29, 0.717) is 24.1 Å². The van der Waals surface area contributed by atoms with Crippen LogP contribution in [0, 0.1) is 17.6 Å². The van der Waals surface area contributed by atoms with Crippen LogP contribution in [-0.4, -0.2) is 36.0 Å². The maximum atomic E-state index is 13.9. The lowest BCUT2D eigenvalue weighted by Crippen LogP contribution is -2.55. The molecular formula is C19H24F2N2O. The molecule has 2 heterocycles. The Hall–Kier alpha value is -1.49. The molecule has 4 rings (SSSR count). The van der Waals surface area contributed by atoms with E-state index in [1.807, 2.05) is 0 Å². The third kappa shape index (κ3) is 2.83. The number of carbonyl (C=O) groups excluding carboxylic acids is 1. The minimum atomic E-state index is -0.832. The van der Waals surface area contributed by atoms with Gasteiger partial charge in [0.1, 0.15) is 0 Å². The van der Waals surface area contributed by atoms with Crippen LogP contribution in [0.25, 0.3) is 0 Å². The van der Waals surface area contributed by atoms with Gasteiger partial charge in [0.05, 0.1) is 0 Å². The molecule has 1 amide bonds. The predicted octanol–water partition coefficient (Wildman–Crippen LogP) is 3.20. The van der Waals surface area contributed by atoms with Crippen LogP contribution in [-0.2, 0) is 4.79 Å². The van der Waals surface area contributed by atoms with E-state index in [9.17, 15) is 13.6 Å². The summed E-state index contributed by atoms with van der Waals surface area (Å²) in [7, 11) is 2.19. The van der Waals surface area contributed by atoms with Gasteiger partial charge in [-0.3, -0.25) is 4.79 Å². The number of halogens is 2. The number of rotatable bonds is 3. The fourth-order valence-corrected chi connectivity index (χ4v) is 4.68. The molecule has 3 fully saturated rings. The second-order valence-corrected chi connectivity index (χ2v) is 7.67. The molecule has 2 saturated heterocycles. The van der Waals surface area contributed by atoms with Crippen molar-refractivity contribution in [2.24, 2.45) is 5.92 Å². The van der Waals surface area contributed by atoms with Gasteiger partial charge in [-0.2, -0.15) is 0 Å². The Morgan fingerprint density at radius 1 is 1.17 bits per heavy atom. The molecule has 5 heteroatoms. The topological polar surface area (TPSA) is 32.3 Å². The minimum absolute atomic E-state index is 0.0105. The molecule has 0 radical (unpaired) electrons. The zero-order valence-corrected chi connectivity index (χ0v) is 14.0. The highest BCUT2D eigenvalue weighted by Crippen LogP contribution is 2.48. The number of piperidine rings is 2. The van der Waals surface area contributed by atoms with E-state index in [4.69, 9.17) is 0 Å². The van der Waals surface area contributed by atoms with Crippen molar-refractivity contribution >= 4 is 5.91 Å². The SMILES string of the molecule is CN1[C@H]2CCC[C@H]1CC(NC(=O)[C@H]1C[C@@H]1c1cccc(F)c1F)C2. The van der Waals surface area contributed by atoms with Gasteiger partial charge in [0.2, 0.25) is 5.91 Å². The molecule has 1 N–H and O–H groups in total. The molecule has 3 aliphatic rings. The normalized spacial score (nSPS) is 35.5. The molecule has 24 heavy (non-hydrogen) atoms. The standard InChI is InChI=1S/C19H24F2N2O/c1-23-12-4-2-5-13(23)9-11(8-12)22-19(24)16-10-15(16)14-6-3-7-17(20)18(14)21/h3,6-7,11-13,15-16H,2,4-5,8-10H2,1H3,(H,22,24)/t12-,13-,15+,16-/m0/s1. The van der Waals surface area contributed by atoms with Gasteiger partial charge in [-0.1, -0.05) is 18.6 Å². The smallest absolute Gasteiger partial charge is 0.223 e. The second-order valence-electron chi connectivity index (χ2n) is 7.67. The Bertz CT molecular complexity index is 636. The molecule has 0 unspecified atom stereocenters. The van der Waals surface area contributed by atoms with Crippen LogP contribution in [0.5, 0.6) is 0 Å². The highest BCUT2D eigenvalue weighted by Gasteiger charge is 2.46. The summed E-state index contributed by atoms with van der Waals surface area (Å²) in [5.74, 6) is -2.00. The van der Waals surface area contributed by atoms with Crippen LogP contribution in [0.1, 0.15) is 50.0 Å². The van der Waals surface area contributed by atoms with Crippen molar-refractivity contribution in [1.29, 1.82) is 0 Å². The summed E-state index contributed by atoms with van der Waals surface area (Å²) < 4.78 is 27.2. The molecule has 0 aromatic heterocycles. The van der Waals surface area contributed by atoms with Gasteiger partial charge in [0.15, 0.2) is 11.6 Å². The quantitative estimate of drug-likeness (QED) is 0.921. The van der Waals surface area contributed by atoms with Crippen molar-refractivity contribution in [1.82, 2.24) is 10.2 Å². The van der Waals surface area contributed by atoms with Crippen LogP contribution in [0.3, 0.4) is 0 Å². The molecule has 3 nitrogen and oxygen atoms in total. The van der Waals surface area contributed by atoms with Crippen LogP contribution in [0.2, 0.25) is 0 Å². The van der Waals surface area contributed by atoms with E-state index >= 15 is 0 Å². The molecule has 4 atom stereocenters. The highest BCUT2D eigenvalue weighted by molar-refractivity contribution is 5.83. The molecular weight excluding hydrogens is 310 g/mol. The second kappa shape index (κ2) is 6.10. The first-order chi connectivity index (χ1) is 11.5. The van der Waals surface area contributed by atoms with Gasteiger partial charge < -0.3 is 10.2 Å². The van der Waals surface area contributed by atoms with E-state index in [-0.39, 0.29) is 23.8 Å². The third-order valence-corrected chi connectivity index (χ3v) is 6.19. The molecule has 0 spiro atoms. The number of fused-ring (bicyclic) bond motifs is 2. The maximum absolute atomic E-state index is 13.9. The minimum Gasteiger partial charge on any atom is -0.353 e. The number of hydrogen-bond acceptors (Lipinski definition) is 2. The van der Waals surface area contributed by atoms with Crippen molar-refractivity contribution in [3.05, 3.63) is 35.4 Å². The summed E-state index contributed by atoms with van der Waals surface area (Å²) in [6.07, 6.45) is 6.32. The molecule has 1 aromatic rings. The van der Waals surface area contributed by atoms with Gasteiger partial charge in [-0.25, -0.2) is 8.78 Å². The van der Waals surface area contributed by atoms with Crippen molar-refractivity contribution in [3.63, 3.8) is 0 Å². The fourth-order valence-electron chi connectivity index (χ4n) is 4.68. The lowest BCUT2D eigenvalue weighted by atomic mass is 9.82. The van der Waals surface area contributed by atoms with Gasteiger partial charge >= 0.3 is 0 Å². The van der Waals surface area contributed by atoms with Crippen molar-refractivity contribution in [2.75, 3.05) is 7.05 Å². The van der Waals surface area contributed by atoms with Crippen molar-refractivity contribution < 1.29 is 13.6 Å². The summed E-state index contributed by atoms with van der Waals surface area (Å²) in [5, 5.41) is 3.18. The first kappa shape index (κ1) is 16.0. The molecule has 2 aliphatic heterocycles. The number of benzene rings is 1. The van der Waals surface area contributed by atoms with Crippen LogP contribution >= 0.6 is 0 Å². The Morgan fingerprint density at radius 3 is 2.58 bits per heavy atom. The van der Waals surface area contributed by atoms with E-state index < -0.39 is 11.6 Å². The van der Waals surface area contributed by atoms with E-state index in [0.717, 1.165) is 18.9 Å². The third-order valence-electron chi connectivity index (χ3n) is 6.19. The summed E-state index contributed by atoms with van der Waals surface area (Å²) in [6.45, 7) is 0. The zero-order valence-electron chi connectivity index (χ0n) is 14.0. The van der Waals surface area contributed by atoms with Crippen LogP contribution in [0.4, 0.5) is 8.78 Å². The summed E-state index contributed by atoms with van der Waals surface area (Å²) in [5.41, 5.74) is 0.343. The fraction of sp³-hybridized carbons (Fsp3) is 0.632. The monoisotopic (exact) mass is 334 g/mol. The molecule has 1 aliphatic carbocycles. The number of carbonyl (C=O) groups is 1. The average Bonchev–Trinajstić information content (AvgIpc) is 3.31. The maximum Gasteiger partial charge on any atom is 0.223 e. The summed E-state index contributed by atoms with van der Waals surface area (Å²) >= 11 is 0. The summed E-state index contributed by atoms with van der Waals surface area (Å²) in [6, 6.07) is 5.59. The number of amides is 1. The van der Waals surface area contributed by atoms with Gasteiger partial charge in [-0.05, 0) is 56.7 Å².